The highest BCUT2D eigenvalue weighted by atomic mass is 35.5. The number of carbonyl (C=O) groups excluding carboxylic acids is 1. The van der Waals surface area contributed by atoms with Gasteiger partial charge in [0.1, 0.15) is 0 Å². The lowest BCUT2D eigenvalue weighted by Gasteiger charge is -2.09. The van der Waals surface area contributed by atoms with E-state index in [1.807, 2.05) is 0 Å². The van der Waals surface area contributed by atoms with E-state index in [2.05, 4.69) is 15.6 Å². The molecule has 1 saturated heterocycles. The molecule has 9 heteroatoms. The number of nitrogens with zero attached hydrogens (tertiary/aromatic N) is 3. The minimum Gasteiger partial charge on any atom is -0.347 e. The van der Waals surface area contributed by atoms with E-state index in [0.717, 1.165) is 5.69 Å². The van der Waals surface area contributed by atoms with Gasteiger partial charge in [-0.25, -0.2) is 13.1 Å². The summed E-state index contributed by atoms with van der Waals surface area (Å²) in [6.45, 7) is 1.73. The van der Waals surface area contributed by atoms with Crippen molar-refractivity contribution in [2.24, 2.45) is 0 Å². The van der Waals surface area contributed by atoms with Gasteiger partial charge in [-0.3, -0.25) is 4.79 Å². The van der Waals surface area contributed by atoms with Gasteiger partial charge >= 0.3 is 0 Å². The van der Waals surface area contributed by atoms with E-state index in [9.17, 15) is 13.2 Å². The Morgan fingerprint density at radius 3 is 2.65 bits per heavy atom. The molecule has 0 saturated carbocycles. The number of nitrogens with one attached hydrogen (secondary N) is 1. The Morgan fingerprint density at radius 2 is 2.04 bits per heavy atom. The summed E-state index contributed by atoms with van der Waals surface area (Å²) < 4.78 is 24.4. The van der Waals surface area contributed by atoms with Gasteiger partial charge in [0.25, 0.3) is 5.91 Å². The third-order valence-corrected chi connectivity index (χ3v) is 5.77. The van der Waals surface area contributed by atoms with Crippen LogP contribution in [-0.2, 0) is 9.84 Å². The molecule has 1 aromatic heterocycles. The van der Waals surface area contributed by atoms with Crippen LogP contribution in [0.4, 0.5) is 0 Å². The minimum atomic E-state index is -3.04. The summed E-state index contributed by atoms with van der Waals surface area (Å²) in [5.74, 6) is -0.331. The van der Waals surface area contributed by atoms with Crippen LogP contribution < -0.4 is 5.32 Å². The van der Waals surface area contributed by atoms with Gasteiger partial charge in [-0.2, -0.15) is 0 Å². The van der Waals surface area contributed by atoms with Crippen LogP contribution in [0.2, 0.25) is 5.02 Å². The molecular weight excluding hydrogens is 340 g/mol. The first-order chi connectivity index (χ1) is 10.9. The summed E-state index contributed by atoms with van der Waals surface area (Å²) in [5.41, 5.74) is 1.50. The summed E-state index contributed by atoms with van der Waals surface area (Å²) >= 11 is 5.85. The smallest absolute Gasteiger partial charge is 0.274 e. The van der Waals surface area contributed by atoms with E-state index in [4.69, 9.17) is 11.6 Å². The molecule has 1 aliphatic heterocycles. The third kappa shape index (κ3) is 3.37. The van der Waals surface area contributed by atoms with Gasteiger partial charge in [-0.05, 0) is 37.6 Å². The molecule has 2 heterocycles. The standard InChI is InChI=1S/C14H15ClN4O3S/c1-9-13(14(20)16-11-6-7-23(21,22)8-11)17-18-19(9)12-4-2-10(15)3-5-12/h2-5,11H,6-8H2,1H3,(H,16,20)/t11-/m0/s1. The molecule has 0 spiro atoms. The maximum atomic E-state index is 12.3. The van der Waals surface area contributed by atoms with Crippen molar-refractivity contribution < 1.29 is 13.2 Å². The topological polar surface area (TPSA) is 93.9 Å². The molecule has 7 nitrogen and oxygen atoms in total. The molecule has 1 fully saturated rings. The second-order valence-corrected chi connectivity index (χ2v) is 8.15. The Kier molecular flexibility index (Phi) is 4.11. The summed E-state index contributed by atoms with van der Waals surface area (Å²) in [6.07, 6.45) is 0.429. The van der Waals surface area contributed by atoms with Crippen molar-refractivity contribution in [1.29, 1.82) is 0 Å². The average Bonchev–Trinajstić information content (AvgIpc) is 3.02. The summed E-state index contributed by atoms with van der Waals surface area (Å²) in [4.78, 5) is 12.3. The molecule has 0 aliphatic carbocycles. The van der Waals surface area contributed by atoms with Crippen molar-refractivity contribution in [1.82, 2.24) is 20.3 Å². The van der Waals surface area contributed by atoms with Crippen LogP contribution >= 0.6 is 11.6 Å². The maximum Gasteiger partial charge on any atom is 0.274 e. The van der Waals surface area contributed by atoms with Crippen LogP contribution in [0.1, 0.15) is 22.6 Å². The molecular formula is C14H15ClN4O3S. The van der Waals surface area contributed by atoms with E-state index in [1.165, 1.54) is 4.68 Å². The van der Waals surface area contributed by atoms with E-state index < -0.39 is 15.7 Å². The lowest BCUT2D eigenvalue weighted by atomic mass is 10.2. The van der Waals surface area contributed by atoms with Crippen molar-refractivity contribution in [3.8, 4) is 5.69 Å². The molecule has 1 aliphatic rings. The number of benzene rings is 1. The van der Waals surface area contributed by atoms with Crippen LogP contribution in [0.15, 0.2) is 24.3 Å². The van der Waals surface area contributed by atoms with E-state index in [-0.39, 0.29) is 23.2 Å². The molecule has 0 bridgehead atoms. The number of hydrogen-bond donors (Lipinski definition) is 1. The normalized spacial score (nSPS) is 19.7. The summed E-state index contributed by atoms with van der Waals surface area (Å²) in [6, 6.07) is 6.62. The molecule has 0 unspecified atom stereocenters. The quantitative estimate of drug-likeness (QED) is 0.892. The lowest BCUT2D eigenvalue weighted by Crippen LogP contribution is -2.36. The monoisotopic (exact) mass is 354 g/mol. The second kappa shape index (κ2) is 5.93. The Balaban J connectivity index is 1.79. The number of amides is 1. The average molecular weight is 355 g/mol. The number of rotatable bonds is 3. The highest BCUT2D eigenvalue weighted by Gasteiger charge is 2.30. The predicted molar refractivity (Wildman–Crippen MR) is 85.6 cm³/mol. The zero-order valence-electron chi connectivity index (χ0n) is 12.4. The van der Waals surface area contributed by atoms with Crippen LogP contribution in [0.5, 0.6) is 0 Å². The first-order valence-corrected chi connectivity index (χ1v) is 9.25. The molecule has 2 aromatic rings. The summed E-state index contributed by atoms with van der Waals surface area (Å²) in [5, 5.41) is 11.2. The third-order valence-electron chi connectivity index (χ3n) is 3.75. The molecule has 1 amide bonds. The molecule has 1 N–H and O–H groups in total. The van der Waals surface area contributed by atoms with Gasteiger partial charge in [0.15, 0.2) is 15.5 Å². The predicted octanol–water partition coefficient (Wildman–Crippen LogP) is 1.15. The Bertz CT molecular complexity index is 845. The molecule has 0 radical (unpaired) electrons. The Labute approximate surface area is 138 Å². The van der Waals surface area contributed by atoms with Crippen molar-refractivity contribution in [2.75, 3.05) is 11.5 Å². The maximum absolute atomic E-state index is 12.3. The largest absolute Gasteiger partial charge is 0.347 e. The SMILES string of the molecule is Cc1c(C(=O)N[C@H]2CCS(=O)(=O)C2)nnn1-c1ccc(Cl)cc1. The fraction of sp³-hybridized carbons (Fsp3) is 0.357. The molecule has 1 atom stereocenters. The van der Waals surface area contributed by atoms with Gasteiger partial charge in [-0.15, -0.1) is 5.10 Å². The van der Waals surface area contributed by atoms with Gasteiger partial charge in [0, 0.05) is 11.1 Å². The van der Waals surface area contributed by atoms with Gasteiger partial charge in [0.2, 0.25) is 0 Å². The van der Waals surface area contributed by atoms with Crippen molar-refractivity contribution >= 4 is 27.3 Å². The summed E-state index contributed by atoms with van der Waals surface area (Å²) in [7, 11) is -3.04. The fourth-order valence-corrected chi connectivity index (χ4v) is 4.33. The van der Waals surface area contributed by atoms with E-state index in [0.29, 0.717) is 17.1 Å². The second-order valence-electron chi connectivity index (χ2n) is 5.49. The zero-order valence-corrected chi connectivity index (χ0v) is 13.9. The molecule has 3 rings (SSSR count). The Morgan fingerprint density at radius 1 is 1.35 bits per heavy atom. The van der Waals surface area contributed by atoms with E-state index in [1.54, 1.807) is 31.2 Å². The molecule has 23 heavy (non-hydrogen) atoms. The van der Waals surface area contributed by atoms with Gasteiger partial charge < -0.3 is 5.32 Å². The van der Waals surface area contributed by atoms with Gasteiger partial charge in [-0.1, -0.05) is 16.8 Å². The molecule has 122 valence electrons. The molecule has 1 aromatic carbocycles. The van der Waals surface area contributed by atoms with Crippen LogP contribution in [0.3, 0.4) is 0 Å². The number of hydrogen-bond acceptors (Lipinski definition) is 5. The number of aromatic nitrogens is 3. The first-order valence-electron chi connectivity index (χ1n) is 7.05. The lowest BCUT2D eigenvalue weighted by molar-refractivity contribution is 0.0935. The highest BCUT2D eigenvalue weighted by Crippen LogP contribution is 2.16. The van der Waals surface area contributed by atoms with Crippen LogP contribution in [0.25, 0.3) is 5.69 Å². The van der Waals surface area contributed by atoms with Crippen LogP contribution in [0, 0.1) is 6.92 Å². The first kappa shape index (κ1) is 15.9. The van der Waals surface area contributed by atoms with Crippen molar-refractivity contribution in [3.63, 3.8) is 0 Å². The number of sulfone groups is 1. The zero-order chi connectivity index (χ0) is 16.6. The van der Waals surface area contributed by atoms with Gasteiger partial charge in [0.05, 0.1) is 22.9 Å². The van der Waals surface area contributed by atoms with Crippen molar-refractivity contribution in [3.05, 3.63) is 40.7 Å². The van der Waals surface area contributed by atoms with Crippen LogP contribution in [-0.4, -0.2) is 46.9 Å². The fourth-order valence-electron chi connectivity index (χ4n) is 2.53. The Hall–Kier alpha value is -1.93. The highest BCUT2D eigenvalue weighted by molar-refractivity contribution is 7.91. The van der Waals surface area contributed by atoms with Crippen molar-refractivity contribution in [2.45, 2.75) is 19.4 Å². The number of carbonyl (C=O) groups is 1. The minimum absolute atomic E-state index is 0.0247. The number of halogens is 1. The van der Waals surface area contributed by atoms with E-state index >= 15 is 0 Å².